The summed E-state index contributed by atoms with van der Waals surface area (Å²) in [6.07, 6.45) is 3.34. The summed E-state index contributed by atoms with van der Waals surface area (Å²) < 4.78 is 28.8. The fourth-order valence-electron chi connectivity index (χ4n) is 1.88. The Balaban J connectivity index is 2.09. The van der Waals surface area contributed by atoms with Gasteiger partial charge in [-0.25, -0.2) is 13.1 Å². The molecule has 1 unspecified atom stereocenters. The first-order chi connectivity index (χ1) is 9.92. The second-order valence-electron chi connectivity index (χ2n) is 4.81. The maximum atomic E-state index is 12.3. The quantitative estimate of drug-likeness (QED) is 0.809. The standard InChI is InChI=1S/C13H19N3O3S2/c1-10-4-5-13(20-10)11(2)15-21(18,19)12-8-14-16(9-12)6-3-7-17/h4-5,8-9,11,15,17H,3,6-7H2,1-2H3. The first kappa shape index (κ1) is 16.2. The molecule has 0 amide bonds. The number of sulfonamides is 1. The zero-order chi connectivity index (χ0) is 15.5. The summed E-state index contributed by atoms with van der Waals surface area (Å²) in [6.45, 7) is 4.35. The molecule has 1 atom stereocenters. The number of aromatic nitrogens is 2. The molecule has 2 rings (SSSR count). The van der Waals surface area contributed by atoms with Gasteiger partial charge in [-0.3, -0.25) is 4.68 Å². The molecule has 0 aromatic carbocycles. The fraction of sp³-hybridized carbons (Fsp3) is 0.462. The summed E-state index contributed by atoms with van der Waals surface area (Å²) in [5.41, 5.74) is 0. The highest BCUT2D eigenvalue weighted by molar-refractivity contribution is 7.89. The number of nitrogens with zero attached hydrogens (tertiary/aromatic N) is 2. The third kappa shape index (κ3) is 4.13. The van der Waals surface area contributed by atoms with Crippen molar-refractivity contribution < 1.29 is 13.5 Å². The Bertz CT molecular complexity index is 691. The van der Waals surface area contributed by atoms with E-state index in [0.29, 0.717) is 13.0 Å². The molecular formula is C13H19N3O3S2. The molecule has 0 aliphatic carbocycles. The van der Waals surface area contributed by atoms with Crippen molar-refractivity contribution in [1.82, 2.24) is 14.5 Å². The van der Waals surface area contributed by atoms with Crippen molar-refractivity contribution in [2.75, 3.05) is 6.61 Å². The maximum absolute atomic E-state index is 12.3. The zero-order valence-electron chi connectivity index (χ0n) is 12.0. The molecule has 0 fully saturated rings. The van der Waals surface area contributed by atoms with E-state index in [9.17, 15) is 8.42 Å². The van der Waals surface area contributed by atoms with Gasteiger partial charge in [0.2, 0.25) is 10.0 Å². The Hall–Kier alpha value is -1.22. The van der Waals surface area contributed by atoms with Crippen molar-refractivity contribution in [3.8, 4) is 0 Å². The molecule has 2 heterocycles. The number of aryl methyl sites for hydroxylation is 2. The molecule has 2 N–H and O–H groups in total. The Morgan fingerprint density at radius 1 is 1.48 bits per heavy atom. The normalized spacial score (nSPS) is 13.5. The Morgan fingerprint density at radius 3 is 2.86 bits per heavy atom. The van der Waals surface area contributed by atoms with Crippen LogP contribution in [-0.2, 0) is 16.6 Å². The molecule has 2 aromatic heterocycles. The highest BCUT2D eigenvalue weighted by Gasteiger charge is 2.20. The molecule has 6 nitrogen and oxygen atoms in total. The van der Waals surface area contributed by atoms with Crippen molar-refractivity contribution in [2.45, 2.75) is 37.8 Å². The number of thiophene rings is 1. The van der Waals surface area contributed by atoms with Crippen LogP contribution in [0.3, 0.4) is 0 Å². The molecular weight excluding hydrogens is 310 g/mol. The van der Waals surface area contributed by atoms with Gasteiger partial charge in [0.05, 0.1) is 12.2 Å². The molecule has 0 spiro atoms. The maximum Gasteiger partial charge on any atom is 0.244 e. The van der Waals surface area contributed by atoms with Gasteiger partial charge in [0.1, 0.15) is 4.90 Å². The van der Waals surface area contributed by atoms with Gasteiger partial charge in [0, 0.05) is 29.1 Å². The van der Waals surface area contributed by atoms with E-state index in [-0.39, 0.29) is 17.5 Å². The molecule has 116 valence electrons. The van der Waals surface area contributed by atoms with Crippen LogP contribution in [0, 0.1) is 6.92 Å². The van der Waals surface area contributed by atoms with Crippen molar-refractivity contribution in [2.24, 2.45) is 0 Å². The lowest BCUT2D eigenvalue weighted by molar-refractivity contribution is 0.277. The minimum absolute atomic E-state index is 0.0506. The number of nitrogens with one attached hydrogen (secondary N) is 1. The van der Waals surface area contributed by atoms with Crippen LogP contribution in [0.4, 0.5) is 0 Å². The third-order valence-electron chi connectivity index (χ3n) is 2.99. The Kier molecular flexibility index (Phi) is 5.15. The van der Waals surface area contributed by atoms with Crippen LogP contribution < -0.4 is 4.72 Å². The summed E-state index contributed by atoms with van der Waals surface area (Å²) in [7, 11) is -3.59. The SMILES string of the molecule is Cc1ccc(C(C)NS(=O)(=O)c2cnn(CCCO)c2)s1. The number of hydrogen-bond acceptors (Lipinski definition) is 5. The van der Waals surface area contributed by atoms with Gasteiger partial charge >= 0.3 is 0 Å². The molecule has 8 heteroatoms. The van der Waals surface area contributed by atoms with Crippen LogP contribution in [0.5, 0.6) is 0 Å². The minimum Gasteiger partial charge on any atom is -0.396 e. The van der Waals surface area contributed by atoms with Crippen molar-refractivity contribution >= 4 is 21.4 Å². The summed E-state index contributed by atoms with van der Waals surface area (Å²) in [6, 6.07) is 3.62. The first-order valence-electron chi connectivity index (χ1n) is 6.64. The van der Waals surface area contributed by atoms with E-state index in [2.05, 4.69) is 9.82 Å². The Morgan fingerprint density at radius 2 is 2.24 bits per heavy atom. The van der Waals surface area contributed by atoms with E-state index in [0.717, 1.165) is 9.75 Å². The van der Waals surface area contributed by atoms with Gasteiger partial charge in [0.15, 0.2) is 0 Å². The predicted octanol–water partition coefficient (Wildman–Crippen LogP) is 1.67. The number of hydrogen-bond donors (Lipinski definition) is 2. The molecule has 0 radical (unpaired) electrons. The smallest absolute Gasteiger partial charge is 0.244 e. The lowest BCUT2D eigenvalue weighted by Crippen LogP contribution is -2.26. The van der Waals surface area contributed by atoms with Gasteiger partial charge in [-0.15, -0.1) is 11.3 Å². The second kappa shape index (κ2) is 6.69. The monoisotopic (exact) mass is 329 g/mol. The largest absolute Gasteiger partial charge is 0.396 e. The van der Waals surface area contributed by atoms with Crippen LogP contribution >= 0.6 is 11.3 Å². The molecule has 0 saturated carbocycles. The van der Waals surface area contributed by atoms with E-state index in [4.69, 9.17) is 5.11 Å². The topological polar surface area (TPSA) is 84.2 Å². The van der Waals surface area contributed by atoms with Gasteiger partial charge in [-0.2, -0.15) is 5.10 Å². The highest BCUT2D eigenvalue weighted by Crippen LogP contribution is 2.24. The van der Waals surface area contributed by atoms with Crippen LogP contribution in [0.1, 0.15) is 29.1 Å². The van der Waals surface area contributed by atoms with Gasteiger partial charge in [0.25, 0.3) is 0 Å². The summed E-state index contributed by atoms with van der Waals surface area (Å²) in [5, 5.41) is 12.8. The van der Waals surface area contributed by atoms with Gasteiger partial charge in [-0.1, -0.05) is 0 Å². The molecule has 0 aliphatic heterocycles. The van der Waals surface area contributed by atoms with Crippen LogP contribution in [0.2, 0.25) is 0 Å². The average Bonchev–Trinajstić information content (AvgIpc) is 3.05. The highest BCUT2D eigenvalue weighted by atomic mass is 32.2. The molecule has 0 bridgehead atoms. The first-order valence-corrected chi connectivity index (χ1v) is 8.94. The second-order valence-corrected chi connectivity index (χ2v) is 7.84. The minimum atomic E-state index is -3.59. The van der Waals surface area contributed by atoms with Crippen LogP contribution in [0.15, 0.2) is 29.4 Å². The van der Waals surface area contributed by atoms with Gasteiger partial charge < -0.3 is 5.11 Å². The molecule has 2 aromatic rings. The average molecular weight is 329 g/mol. The summed E-state index contributed by atoms with van der Waals surface area (Å²) in [5.74, 6) is 0. The lowest BCUT2D eigenvalue weighted by Gasteiger charge is -2.11. The molecule has 21 heavy (non-hydrogen) atoms. The van der Waals surface area contributed by atoms with Gasteiger partial charge in [-0.05, 0) is 32.4 Å². The van der Waals surface area contributed by atoms with Crippen molar-refractivity contribution in [1.29, 1.82) is 0 Å². The molecule has 0 aliphatic rings. The third-order valence-corrected chi connectivity index (χ3v) is 5.66. The predicted molar refractivity (Wildman–Crippen MR) is 81.7 cm³/mol. The fourth-order valence-corrected chi connectivity index (χ4v) is 4.01. The van der Waals surface area contributed by atoms with E-state index in [1.165, 1.54) is 17.1 Å². The van der Waals surface area contributed by atoms with Crippen LogP contribution in [-0.4, -0.2) is 29.9 Å². The van der Waals surface area contributed by atoms with Crippen molar-refractivity contribution in [3.63, 3.8) is 0 Å². The number of rotatable bonds is 7. The van der Waals surface area contributed by atoms with Crippen LogP contribution in [0.25, 0.3) is 0 Å². The summed E-state index contributed by atoms with van der Waals surface area (Å²) in [4.78, 5) is 2.26. The molecule has 0 saturated heterocycles. The van der Waals surface area contributed by atoms with E-state index >= 15 is 0 Å². The van der Waals surface area contributed by atoms with E-state index in [1.807, 2.05) is 26.0 Å². The van der Waals surface area contributed by atoms with E-state index < -0.39 is 10.0 Å². The summed E-state index contributed by atoms with van der Waals surface area (Å²) >= 11 is 1.57. The Labute approximate surface area is 128 Å². The lowest BCUT2D eigenvalue weighted by atomic mass is 10.3. The zero-order valence-corrected chi connectivity index (χ0v) is 13.6. The van der Waals surface area contributed by atoms with Crippen molar-refractivity contribution in [3.05, 3.63) is 34.3 Å². The van der Waals surface area contributed by atoms with E-state index in [1.54, 1.807) is 11.3 Å². The number of aliphatic hydroxyl groups is 1. The number of aliphatic hydroxyl groups excluding tert-OH is 1.